The standard InChI is InChI=1S/C22H20N6O3/c23-22-26-18-7-13(1-2-19(18)31-22)21-24-9-16-17(15-8-25-27(10-15)5-6-29)12-30-11-14-3-4-28(21)20(14)16/h1-2,7-10,12,29H,3-6,11H2,(H2,23,26). The first-order valence-electron chi connectivity index (χ1n) is 10.1. The average Bonchev–Trinajstić information content (AvgIpc) is 3.46. The highest BCUT2D eigenvalue weighted by molar-refractivity contribution is 6.05. The van der Waals surface area contributed by atoms with Gasteiger partial charge in [0.1, 0.15) is 18.0 Å². The minimum absolute atomic E-state index is 0.0393. The number of hydrogen-bond acceptors (Lipinski definition) is 8. The van der Waals surface area contributed by atoms with E-state index in [2.05, 4.69) is 15.0 Å². The fourth-order valence-corrected chi connectivity index (χ4v) is 4.36. The number of benzene rings is 1. The third-order valence-electron chi connectivity index (χ3n) is 5.75. The van der Waals surface area contributed by atoms with E-state index in [4.69, 9.17) is 19.9 Å². The first-order chi connectivity index (χ1) is 15.2. The fourth-order valence-electron chi connectivity index (χ4n) is 4.36. The number of ether oxygens (including phenoxy) is 1. The molecule has 0 aliphatic carbocycles. The summed E-state index contributed by atoms with van der Waals surface area (Å²) in [4.78, 5) is 11.3. The summed E-state index contributed by atoms with van der Waals surface area (Å²) in [5.41, 5.74) is 13.3. The van der Waals surface area contributed by atoms with Gasteiger partial charge in [0.2, 0.25) is 0 Å². The molecule has 0 saturated carbocycles. The monoisotopic (exact) mass is 416 g/mol. The van der Waals surface area contributed by atoms with E-state index in [1.54, 1.807) is 17.1 Å². The zero-order chi connectivity index (χ0) is 20.9. The fraction of sp³-hybridized carbons (Fsp3) is 0.227. The van der Waals surface area contributed by atoms with Gasteiger partial charge >= 0.3 is 0 Å². The summed E-state index contributed by atoms with van der Waals surface area (Å²) in [6, 6.07) is 5.96. The number of allylic oxidation sites excluding steroid dienone is 1. The third-order valence-corrected chi connectivity index (χ3v) is 5.75. The number of anilines is 1. The molecule has 0 atom stereocenters. The third kappa shape index (κ3) is 2.85. The van der Waals surface area contributed by atoms with Gasteiger partial charge in [0, 0.05) is 41.2 Å². The topological polar surface area (TPSA) is 115 Å². The highest BCUT2D eigenvalue weighted by atomic mass is 16.5. The molecule has 0 fully saturated rings. The zero-order valence-electron chi connectivity index (χ0n) is 16.7. The second kappa shape index (κ2) is 6.85. The number of aliphatic imine (C=N–C) groups is 1. The molecule has 3 aliphatic heterocycles. The molecule has 6 rings (SSSR count). The van der Waals surface area contributed by atoms with Gasteiger partial charge in [-0.3, -0.25) is 4.68 Å². The molecule has 156 valence electrons. The van der Waals surface area contributed by atoms with Gasteiger partial charge in [-0.2, -0.15) is 10.1 Å². The number of oxazole rings is 1. The minimum atomic E-state index is 0.0393. The number of amidine groups is 1. The molecule has 9 nitrogen and oxygen atoms in total. The Hall–Kier alpha value is -3.85. The maximum absolute atomic E-state index is 9.19. The average molecular weight is 416 g/mol. The number of aliphatic hydroxyl groups excluding tert-OH is 1. The number of hydrogen-bond donors (Lipinski definition) is 2. The van der Waals surface area contributed by atoms with Crippen molar-refractivity contribution in [3.8, 4) is 0 Å². The number of nitrogen functional groups attached to an aromatic ring is 1. The van der Waals surface area contributed by atoms with Crippen molar-refractivity contribution < 1.29 is 14.3 Å². The Bertz CT molecular complexity index is 1330. The molecule has 3 N–H and O–H groups in total. The molecule has 0 amide bonds. The van der Waals surface area contributed by atoms with Gasteiger partial charge in [-0.15, -0.1) is 0 Å². The number of aromatic nitrogens is 3. The van der Waals surface area contributed by atoms with Gasteiger partial charge in [0.15, 0.2) is 5.58 Å². The molecule has 0 radical (unpaired) electrons. The van der Waals surface area contributed by atoms with Crippen LogP contribution in [0.4, 0.5) is 6.01 Å². The van der Waals surface area contributed by atoms with Crippen molar-refractivity contribution in [2.45, 2.75) is 13.0 Å². The highest BCUT2D eigenvalue weighted by Gasteiger charge is 2.35. The number of fused-ring (bicyclic) bond motifs is 1. The Balaban J connectivity index is 1.44. The van der Waals surface area contributed by atoms with Crippen LogP contribution in [0.3, 0.4) is 0 Å². The molecular formula is C22H20N6O3. The first kappa shape index (κ1) is 18.0. The molecule has 0 saturated heterocycles. The van der Waals surface area contributed by atoms with Crippen LogP contribution in [0, 0.1) is 0 Å². The summed E-state index contributed by atoms with van der Waals surface area (Å²) < 4.78 is 13.0. The lowest BCUT2D eigenvalue weighted by Crippen LogP contribution is -2.31. The van der Waals surface area contributed by atoms with Crippen molar-refractivity contribution >= 4 is 28.5 Å². The van der Waals surface area contributed by atoms with Crippen LogP contribution < -0.4 is 5.73 Å². The van der Waals surface area contributed by atoms with E-state index in [9.17, 15) is 5.11 Å². The maximum Gasteiger partial charge on any atom is 0.292 e. The molecule has 3 aromatic rings. The van der Waals surface area contributed by atoms with Crippen LogP contribution in [0.5, 0.6) is 0 Å². The Kier molecular flexibility index (Phi) is 3.97. The van der Waals surface area contributed by atoms with Crippen molar-refractivity contribution in [1.29, 1.82) is 0 Å². The van der Waals surface area contributed by atoms with Crippen LogP contribution in [-0.2, 0) is 11.3 Å². The van der Waals surface area contributed by atoms with Crippen molar-refractivity contribution in [3.05, 3.63) is 71.0 Å². The van der Waals surface area contributed by atoms with E-state index in [1.165, 1.54) is 5.57 Å². The van der Waals surface area contributed by atoms with E-state index in [-0.39, 0.29) is 12.6 Å². The summed E-state index contributed by atoms with van der Waals surface area (Å²) in [7, 11) is 0. The molecule has 0 unspecified atom stereocenters. The number of aliphatic hydroxyl groups is 1. The quantitative estimate of drug-likeness (QED) is 0.670. The Morgan fingerprint density at radius 3 is 3.03 bits per heavy atom. The van der Waals surface area contributed by atoms with Crippen LogP contribution in [-0.4, -0.2) is 50.4 Å². The normalized spacial score (nSPS) is 17.8. The zero-order valence-corrected chi connectivity index (χ0v) is 16.7. The van der Waals surface area contributed by atoms with Crippen LogP contribution in [0.1, 0.15) is 17.5 Å². The van der Waals surface area contributed by atoms with Gasteiger partial charge in [-0.1, -0.05) is 0 Å². The minimum Gasteiger partial charge on any atom is -0.496 e. The Morgan fingerprint density at radius 2 is 2.13 bits per heavy atom. The first-order valence-corrected chi connectivity index (χ1v) is 10.1. The van der Waals surface area contributed by atoms with Crippen molar-refractivity contribution in [3.63, 3.8) is 0 Å². The van der Waals surface area contributed by atoms with Crippen molar-refractivity contribution in [2.75, 3.05) is 25.5 Å². The van der Waals surface area contributed by atoms with Crippen LogP contribution >= 0.6 is 0 Å². The van der Waals surface area contributed by atoms with Gasteiger partial charge in [-0.25, -0.2) is 4.99 Å². The Morgan fingerprint density at radius 1 is 1.19 bits per heavy atom. The molecule has 2 aromatic heterocycles. The lowest BCUT2D eigenvalue weighted by molar-refractivity contribution is 0.269. The Labute approximate surface area is 177 Å². The summed E-state index contributed by atoms with van der Waals surface area (Å²) in [5, 5.41) is 13.5. The second-order valence-corrected chi connectivity index (χ2v) is 7.64. The van der Waals surface area contributed by atoms with Crippen molar-refractivity contribution in [1.82, 2.24) is 19.7 Å². The summed E-state index contributed by atoms with van der Waals surface area (Å²) >= 11 is 0. The van der Waals surface area contributed by atoms with Crippen LogP contribution in [0.15, 0.2) is 69.3 Å². The number of rotatable bonds is 4. The molecule has 0 bridgehead atoms. The summed E-state index contributed by atoms with van der Waals surface area (Å²) in [5.74, 6) is 0.870. The summed E-state index contributed by atoms with van der Waals surface area (Å²) in [6.45, 7) is 1.87. The second-order valence-electron chi connectivity index (χ2n) is 7.64. The van der Waals surface area contributed by atoms with Gasteiger partial charge < -0.3 is 24.9 Å². The molecular weight excluding hydrogens is 396 g/mol. The predicted molar refractivity (Wildman–Crippen MR) is 115 cm³/mol. The van der Waals surface area contributed by atoms with Crippen LogP contribution in [0.2, 0.25) is 0 Å². The largest absolute Gasteiger partial charge is 0.496 e. The van der Waals surface area contributed by atoms with Crippen LogP contribution in [0.25, 0.3) is 16.7 Å². The molecule has 3 aliphatic rings. The smallest absolute Gasteiger partial charge is 0.292 e. The summed E-state index contributed by atoms with van der Waals surface area (Å²) in [6.07, 6.45) is 8.30. The molecule has 0 spiro atoms. The van der Waals surface area contributed by atoms with E-state index in [0.717, 1.165) is 46.8 Å². The lowest BCUT2D eigenvalue weighted by atomic mass is 9.96. The molecule has 1 aromatic carbocycles. The van der Waals surface area contributed by atoms with E-state index < -0.39 is 0 Å². The van der Waals surface area contributed by atoms with Gasteiger partial charge in [0.05, 0.1) is 31.3 Å². The number of nitrogens with zero attached hydrogens (tertiary/aromatic N) is 5. The van der Waals surface area contributed by atoms with Gasteiger partial charge in [-0.05, 0) is 30.2 Å². The SMILES string of the molecule is Nc1nc2cc(C3=NC=C4C(c5cnn(CCO)c5)=COCC5=C4N3CC5)ccc2o1. The molecule has 5 heterocycles. The highest BCUT2D eigenvalue weighted by Crippen LogP contribution is 2.41. The van der Waals surface area contributed by atoms with E-state index >= 15 is 0 Å². The van der Waals surface area contributed by atoms with E-state index in [0.29, 0.717) is 24.3 Å². The van der Waals surface area contributed by atoms with Crippen molar-refractivity contribution in [2.24, 2.45) is 4.99 Å². The lowest BCUT2D eigenvalue weighted by Gasteiger charge is -2.29. The predicted octanol–water partition coefficient (Wildman–Crippen LogP) is 2.27. The molecule has 9 heteroatoms. The maximum atomic E-state index is 9.19. The van der Waals surface area contributed by atoms with Gasteiger partial charge in [0.25, 0.3) is 6.01 Å². The molecule has 31 heavy (non-hydrogen) atoms. The number of nitrogens with two attached hydrogens (primary N) is 1. The van der Waals surface area contributed by atoms with E-state index in [1.807, 2.05) is 30.6 Å².